The van der Waals surface area contributed by atoms with Crippen molar-refractivity contribution in [2.24, 2.45) is 5.41 Å². The van der Waals surface area contributed by atoms with Gasteiger partial charge in [-0.2, -0.15) is 5.26 Å². The number of carbonyl (C=O) groups is 1. The Bertz CT molecular complexity index is 852. The molecular weight excluding hydrogens is 362 g/mol. The van der Waals surface area contributed by atoms with Gasteiger partial charge in [0.1, 0.15) is 0 Å². The summed E-state index contributed by atoms with van der Waals surface area (Å²) < 4.78 is 2.16. The van der Waals surface area contributed by atoms with Crippen LogP contribution in [0.5, 0.6) is 0 Å². The fourth-order valence-corrected chi connectivity index (χ4v) is 3.78. The molecule has 2 heterocycles. The molecule has 0 N–H and O–H groups in total. The van der Waals surface area contributed by atoms with E-state index < -0.39 is 0 Å². The number of amides is 1. The molecule has 1 aromatic carbocycles. The predicted octanol–water partition coefficient (Wildman–Crippen LogP) is 3.27. The van der Waals surface area contributed by atoms with Crippen molar-refractivity contribution in [3.63, 3.8) is 0 Å². The van der Waals surface area contributed by atoms with Gasteiger partial charge in [0.25, 0.3) is 0 Å². The first kappa shape index (κ1) is 21.1. The fraction of sp³-hybridized carbons (Fsp3) is 0.522. The number of hydrogen-bond donors (Lipinski definition) is 0. The molecule has 29 heavy (non-hydrogen) atoms. The third kappa shape index (κ3) is 4.86. The second-order valence-corrected chi connectivity index (χ2v) is 8.16. The molecule has 1 aromatic heterocycles. The van der Waals surface area contributed by atoms with Crippen molar-refractivity contribution in [1.82, 2.24) is 19.4 Å². The smallest absolute Gasteiger partial charge is 0.228 e. The largest absolute Gasteiger partial charge is 0.340 e. The van der Waals surface area contributed by atoms with Gasteiger partial charge >= 0.3 is 0 Å². The molecule has 154 valence electrons. The summed E-state index contributed by atoms with van der Waals surface area (Å²) in [5, 5.41) is 8.94. The zero-order chi connectivity index (χ0) is 20.9. The molecule has 6 heteroatoms. The lowest BCUT2D eigenvalue weighted by Gasteiger charge is -2.39. The van der Waals surface area contributed by atoms with Gasteiger partial charge in [0.15, 0.2) is 0 Å². The van der Waals surface area contributed by atoms with Crippen LogP contribution in [0.4, 0.5) is 0 Å². The zero-order valence-corrected chi connectivity index (χ0v) is 17.8. The molecule has 0 atom stereocenters. The average Bonchev–Trinajstić information content (AvgIpc) is 3.20. The SMILES string of the molecule is CCC(C)(CC)C(=O)N1CCN(Cc2cncn2Cc2ccc(C#N)cc2)CC1. The van der Waals surface area contributed by atoms with Crippen molar-refractivity contribution in [2.75, 3.05) is 26.2 Å². The molecular formula is C23H31N5O. The molecule has 0 bridgehead atoms. The minimum absolute atomic E-state index is 0.234. The highest BCUT2D eigenvalue weighted by Crippen LogP contribution is 2.28. The summed E-state index contributed by atoms with van der Waals surface area (Å²) in [7, 11) is 0. The maximum atomic E-state index is 12.9. The number of imidazole rings is 1. The van der Waals surface area contributed by atoms with E-state index in [4.69, 9.17) is 5.26 Å². The van der Waals surface area contributed by atoms with E-state index >= 15 is 0 Å². The van der Waals surface area contributed by atoms with Crippen molar-refractivity contribution in [2.45, 2.75) is 46.7 Å². The van der Waals surface area contributed by atoms with Gasteiger partial charge in [0.05, 0.1) is 23.7 Å². The Morgan fingerprint density at radius 2 is 1.76 bits per heavy atom. The Labute approximate surface area is 173 Å². The first-order chi connectivity index (χ1) is 14.0. The summed E-state index contributed by atoms with van der Waals surface area (Å²) in [6.07, 6.45) is 5.56. The lowest BCUT2D eigenvalue weighted by Crippen LogP contribution is -2.52. The molecule has 1 fully saturated rings. The summed E-state index contributed by atoms with van der Waals surface area (Å²) in [5.41, 5.74) is 2.76. The molecule has 0 spiro atoms. The van der Waals surface area contributed by atoms with E-state index in [2.05, 4.69) is 41.3 Å². The van der Waals surface area contributed by atoms with E-state index in [1.165, 1.54) is 5.69 Å². The van der Waals surface area contributed by atoms with Gasteiger partial charge in [-0.1, -0.05) is 32.9 Å². The van der Waals surface area contributed by atoms with E-state index in [1.807, 2.05) is 41.7 Å². The maximum Gasteiger partial charge on any atom is 0.228 e. The molecule has 1 saturated heterocycles. The Morgan fingerprint density at radius 1 is 1.10 bits per heavy atom. The molecule has 1 aliphatic rings. The van der Waals surface area contributed by atoms with Gasteiger partial charge in [0.2, 0.25) is 5.91 Å². The monoisotopic (exact) mass is 393 g/mol. The van der Waals surface area contributed by atoms with E-state index in [9.17, 15) is 4.79 Å². The predicted molar refractivity (Wildman–Crippen MR) is 113 cm³/mol. The molecule has 6 nitrogen and oxygen atoms in total. The van der Waals surface area contributed by atoms with Crippen molar-refractivity contribution in [1.29, 1.82) is 5.26 Å². The zero-order valence-electron chi connectivity index (χ0n) is 17.8. The second kappa shape index (κ2) is 9.23. The van der Waals surface area contributed by atoms with Crippen LogP contribution in [-0.2, 0) is 17.9 Å². The van der Waals surface area contributed by atoms with Crippen molar-refractivity contribution >= 4 is 5.91 Å². The Hall–Kier alpha value is -2.65. The molecule has 1 amide bonds. The van der Waals surface area contributed by atoms with E-state index in [0.29, 0.717) is 11.5 Å². The van der Waals surface area contributed by atoms with E-state index in [1.54, 1.807) is 0 Å². The Balaban J connectivity index is 1.57. The normalized spacial score (nSPS) is 15.3. The molecule has 0 aliphatic carbocycles. The summed E-state index contributed by atoms with van der Waals surface area (Å²) >= 11 is 0. The van der Waals surface area contributed by atoms with Gasteiger partial charge < -0.3 is 9.47 Å². The third-order valence-corrected chi connectivity index (χ3v) is 6.36. The van der Waals surface area contributed by atoms with Gasteiger partial charge in [-0.25, -0.2) is 4.98 Å². The average molecular weight is 394 g/mol. The highest BCUT2D eigenvalue weighted by atomic mass is 16.2. The van der Waals surface area contributed by atoms with Crippen LogP contribution in [0.2, 0.25) is 0 Å². The molecule has 0 saturated carbocycles. The molecule has 0 radical (unpaired) electrons. The van der Waals surface area contributed by atoms with Crippen LogP contribution >= 0.6 is 0 Å². The summed E-state index contributed by atoms with van der Waals surface area (Å²) in [5.74, 6) is 0.299. The van der Waals surface area contributed by atoms with Gasteiger partial charge in [-0.15, -0.1) is 0 Å². The van der Waals surface area contributed by atoms with Crippen molar-refractivity contribution < 1.29 is 4.79 Å². The standard InChI is InChI=1S/C23H31N5O/c1-4-23(3,5-2)22(29)27-12-10-26(11-13-27)17-21-15-25-18-28(21)16-20-8-6-19(14-24)7-9-20/h6-9,15,18H,4-5,10-13,16-17H2,1-3H3. The Morgan fingerprint density at radius 3 is 2.34 bits per heavy atom. The maximum absolute atomic E-state index is 12.9. The van der Waals surface area contributed by atoms with Gasteiger partial charge in [-0.05, 0) is 30.5 Å². The number of benzene rings is 1. The molecule has 1 aliphatic heterocycles. The topological polar surface area (TPSA) is 65.2 Å². The third-order valence-electron chi connectivity index (χ3n) is 6.36. The number of hydrogen-bond acceptors (Lipinski definition) is 4. The summed E-state index contributed by atoms with van der Waals surface area (Å²) in [6, 6.07) is 9.83. The number of aromatic nitrogens is 2. The lowest BCUT2D eigenvalue weighted by molar-refractivity contribution is -0.143. The number of nitrogens with zero attached hydrogens (tertiary/aromatic N) is 5. The minimum atomic E-state index is -0.234. The van der Waals surface area contributed by atoms with Crippen LogP contribution in [0.25, 0.3) is 0 Å². The van der Waals surface area contributed by atoms with Crippen LogP contribution in [0.1, 0.15) is 50.4 Å². The first-order valence-corrected chi connectivity index (χ1v) is 10.5. The quantitative estimate of drug-likeness (QED) is 0.724. The molecule has 2 aromatic rings. The number of rotatable bonds is 7. The van der Waals surface area contributed by atoms with Crippen LogP contribution in [0.3, 0.4) is 0 Å². The molecule has 0 unspecified atom stereocenters. The highest BCUT2D eigenvalue weighted by Gasteiger charge is 2.34. The van der Waals surface area contributed by atoms with Gasteiger partial charge in [0, 0.05) is 50.9 Å². The second-order valence-electron chi connectivity index (χ2n) is 8.16. The van der Waals surface area contributed by atoms with Crippen LogP contribution < -0.4 is 0 Å². The number of nitriles is 1. The van der Waals surface area contributed by atoms with Crippen molar-refractivity contribution in [3.05, 3.63) is 53.6 Å². The van der Waals surface area contributed by atoms with Crippen LogP contribution in [0.15, 0.2) is 36.8 Å². The highest BCUT2D eigenvalue weighted by molar-refractivity contribution is 5.82. The van der Waals surface area contributed by atoms with Crippen LogP contribution in [0, 0.1) is 16.7 Å². The summed E-state index contributed by atoms with van der Waals surface area (Å²) in [6.45, 7) is 11.2. The van der Waals surface area contributed by atoms with E-state index in [-0.39, 0.29) is 5.41 Å². The lowest BCUT2D eigenvalue weighted by atomic mass is 9.83. The minimum Gasteiger partial charge on any atom is -0.340 e. The van der Waals surface area contributed by atoms with E-state index in [0.717, 1.165) is 57.7 Å². The first-order valence-electron chi connectivity index (χ1n) is 10.5. The summed E-state index contributed by atoms with van der Waals surface area (Å²) in [4.78, 5) is 21.6. The molecule has 3 rings (SSSR count). The van der Waals surface area contributed by atoms with Crippen molar-refractivity contribution in [3.8, 4) is 6.07 Å². The number of carbonyl (C=O) groups excluding carboxylic acids is 1. The van der Waals surface area contributed by atoms with Crippen LogP contribution in [-0.4, -0.2) is 51.4 Å². The van der Waals surface area contributed by atoms with Gasteiger partial charge in [-0.3, -0.25) is 9.69 Å². The fourth-order valence-electron chi connectivity index (χ4n) is 3.78. The Kier molecular flexibility index (Phi) is 6.71. The number of piperazine rings is 1.